The number of nitrogens with zero attached hydrogens (tertiary/aromatic N) is 6. The fourth-order valence-electron chi connectivity index (χ4n) is 3.01. The molecule has 1 fully saturated rings. The van der Waals surface area contributed by atoms with Crippen LogP contribution in [0.3, 0.4) is 0 Å². The van der Waals surface area contributed by atoms with Gasteiger partial charge in [-0.2, -0.15) is 15.0 Å². The molecule has 29 heavy (non-hydrogen) atoms. The van der Waals surface area contributed by atoms with Crippen LogP contribution in [-0.4, -0.2) is 50.8 Å². The second kappa shape index (κ2) is 8.62. The number of aryl methyl sites for hydroxylation is 1. The highest BCUT2D eigenvalue weighted by Crippen LogP contribution is 2.22. The molecule has 0 radical (unpaired) electrons. The average molecular weight is 415 g/mol. The molecule has 4 rings (SSSR count). The summed E-state index contributed by atoms with van der Waals surface area (Å²) < 4.78 is 7.30. The summed E-state index contributed by atoms with van der Waals surface area (Å²) >= 11 is 6.00. The first-order valence-corrected chi connectivity index (χ1v) is 9.80. The minimum atomic E-state index is -0.00472. The third-order valence-electron chi connectivity index (χ3n) is 4.58. The number of anilines is 4. The Morgan fingerprint density at radius 3 is 2.48 bits per heavy atom. The summed E-state index contributed by atoms with van der Waals surface area (Å²) in [6.45, 7) is 4.82. The zero-order valence-electron chi connectivity index (χ0n) is 16.3. The molecule has 0 bridgehead atoms. The third-order valence-corrected chi connectivity index (χ3v) is 4.83. The van der Waals surface area contributed by atoms with Gasteiger partial charge < -0.3 is 24.8 Å². The van der Waals surface area contributed by atoms with E-state index in [0.29, 0.717) is 41.9 Å². The van der Waals surface area contributed by atoms with Crippen molar-refractivity contribution in [1.82, 2.24) is 24.5 Å². The van der Waals surface area contributed by atoms with E-state index in [-0.39, 0.29) is 6.04 Å². The van der Waals surface area contributed by atoms with Crippen molar-refractivity contribution in [2.24, 2.45) is 7.05 Å². The molecule has 1 aliphatic rings. The SMILES string of the molecule is C[C@H](Nc1nc(Nc2cn(C)cn2)nc(N2CCOCC2)n1)c1ccc(Cl)cc1. The Bertz CT molecular complexity index is 955. The number of morpholine rings is 1. The van der Waals surface area contributed by atoms with Gasteiger partial charge in [0.15, 0.2) is 5.82 Å². The zero-order valence-corrected chi connectivity index (χ0v) is 17.1. The molecular weight excluding hydrogens is 392 g/mol. The highest BCUT2D eigenvalue weighted by molar-refractivity contribution is 6.30. The highest BCUT2D eigenvalue weighted by Gasteiger charge is 2.18. The molecule has 0 aliphatic carbocycles. The summed E-state index contributed by atoms with van der Waals surface area (Å²) in [5.74, 6) is 2.20. The molecule has 0 unspecified atom stereocenters. The van der Waals surface area contributed by atoms with Crippen molar-refractivity contribution in [2.75, 3.05) is 41.8 Å². The minimum absolute atomic E-state index is 0.00472. The summed E-state index contributed by atoms with van der Waals surface area (Å²) in [5, 5.41) is 7.22. The van der Waals surface area contributed by atoms with Crippen LogP contribution < -0.4 is 15.5 Å². The molecule has 0 spiro atoms. The number of nitrogens with one attached hydrogen (secondary N) is 2. The van der Waals surface area contributed by atoms with E-state index >= 15 is 0 Å². The number of hydrogen-bond acceptors (Lipinski definition) is 8. The van der Waals surface area contributed by atoms with E-state index in [1.807, 2.05) is 49.0 Å². The van der Waals surface area contributed by atoms with Crippen LogP contribution in [0.1, 0.15) is 18.5 Å². The minimum Gasteiger partial charge on any atom is -0.378 e. The molecule has 2 aromatic heterocycles. The van der Waals surface area contributed by atoms with Crippen LogP contribution in [0.4, 0.5) is 23.7 Å². The molecule has 1 atom stereocenters. The fourth-order valence-corrected chi connectivity index (χ4v) is 3.14. The fraction of sp³-hybridized carbons (Fsp3) is 0.368. The van der Waals surface area contributed by atoms with E-state index in [1.54, 1.807) is 6.33 Å². The standard InChI is InChI=1S/C19H23ClN8O/c1-13(14-3-5-15(20)6-4-14)22-17-24-18(23-16-11-27(2)12-21-16)26-19(25-17)28-7-9-29-10-8-28/h3-6,11-13H,7-10H2,1-2H3,(H2,22,23,24,25,26)/t13-/m0/s1. The molecule has 3 heterocycles. The van der Waals surface area contributed by atoms with E-state index in [4.69, 9.17) is 16.3 Å². The predicted molar refractivity (Wildman–Crippen MR) is 113 cm³/mol. The van der Waals surface area contributed by atoms with Crippen molar-refractivity contribution < 1.29 is 4.74 Å². The zero-order chi connectivity index (χ0) is 20.2. The lowest BCUT2D eigenvalue weighted by molar-refractivity contribution is 0.122. The van der Waals surface area contributed by atoms with Crippen molar-refractivity contribution >= 4 is 35.3 Å². The molecule has 2 N–H and O–H groups in total. The van der Waals surface area contributed by atoms with Crippen molar-refractivity contribution in [3.05, 3.63) is 47.4 Å². The van der Waals surface area contributed by atoms with Gasteiger partial charge in [0.05, 0.1) is 25.6 Å². The topological polar surface area (TPSA) is 93.0 Å². The predicted octanol–water partition coefficient (Wildman–Crippen LogP) is 3.01. The van der Waals surface area contributed by atoms with Crippen molar-refractivity contribution in [3.63, 3.8) is 0 Å². The second-order valence-electron chi connectivity index (χ2n) is 6.85. The summed E-state index contributed by atoms with van der Waals surface area (Å²) in [7, 11) is 1.91. The van der Waals surface area contributed by atoms with Gasteiger partial charge in [-0.1, -0.05) is 23.7 Å². The number of rotatable bonds is 6. The van der Waals surface area contributed by atoms with Gasteiger partial charge in [0, 0.05) is 31.4 Å². The first kappa shape index (κ1) is 19.4. The Balaban J connectivity index is 1.60. The van der Waals surface area contributed by atoms with Crippen LogP contribution in [0.2, 0.25) is 5.02 Å². The molecule has 1 saturated heterocycles. The van der Waals surface area contributed by atoms with E-state index in [0.717, 1.165) is 18.7 Å². The third kappa shape index (κ3) is 4.93. The van der Waals surface area contributed by atoms with Gasteiger partial charge in [-0.25, -0.2) is 4.98 Å². The van der Waals surface area contributed by atoms with Crippen LogP contribution in [0.15, 0.2) is 36.8 Å². The first-order valence-electron chi connectivity index (χ1n) is 9.42. The van der Waals surface area contributed by atoms with Crippen molar-refractivity contribution in [1.29, 1.82) is 0 Å². The largest absolute Gasteiger partial charge is 0.378 e. The van der Waals surface area contributed by atoms with Gasteiger partial charge in [-0.15, -0.1) is 0 Å². The van der Waals surface area contributed by atoms with Crippen LogP contribution in [-0.2, 0) is 11.8 Å². The van der Waals surface area contributed by atoms with Gasteiger partial charge >= 0.3 is 0 Å². The number of aromatic nitrogens is 5. The van der Waals surface area contributed by atoms with Crippen LogP contribution in [0, 0.1) is 0 Å². The van der Waals surface area contributed by atoms with E-state index in [9.17, 15) is 0 Å². The maximum atomic E-state index is 6.00. The maximum Gasteiger partial charge on any atom is 0.235 e. The number of halogens is 1. The Hall–Kier alpha value is -2.91. The highest BCUT2D eigenvalue weighted by atomic mass is 35.5. The Kier molecular flexibility index (Phi) is 5.77. The first-order chi connectivity index (χ1) is 14.1. The molecule has 3 aromatic rings. The molecule has 10 heteroatoms. The van der Waals surface area contributed by atoms with Gasteiger partial charge in [0.2, 0.25) is 17.8 Å². The summed E-state index contributed by atoms with van der Waals surface area (Å²) in [5.41, 5.74) is 1.09. The van der Waals surface area contributed by atoms with E-state index < -0.39 is 0 Å². The normalized spacial score (nSPS) is 15.2. The Morgan fingerprint density at radius 1 is 1.07 bits per heavy atom. The molecule has 152 valence electrons. The monoisotopic (exact) mass is 414 g/mol. The Labute approximate surface area is 174 Å². The molecule has 1 aliphatic heterocycles. The van der Waals surface area contributed by atoms with E-state index in [1.165, 1.54) is 0 Å². The maximum absolute atomic E-state index is 6.00. The molecule has 9 nitrogen and oxygen atoms in total. The summed E-state index contributed by atoms with van der Waals surface area (Å²) in [6.07, 6.45) is 3.58. The quantitative estimate of drug-likeness (QED) is 0.635. The number of hydrogen-bond donors (Lipinski definition) is 2. The lowest BCUT2D eigenvalue weighted by atomic mass is 10.1. The number of benzene rings is 1. The van der Waals surface area contributed by atoms with Gasteiger partial charge in [0.1, 0.15) is 0 Å². The summed E-state index contributed by atoms with van der Waals surface area (Å²) in [4.78, 5) is 20.1. The molecule has 0 saturated carbocycles. The molecule has 0 amide bonds. The van der Waals surface area contributed by atoms with Crippen LogP contribution in [0.25, 0.3) is 0 Å². The lowest BCUT2D eigenvalue weighted by Gasteiger charge is -2.27. The van der Waals surface area contributed by atoms with Crippen LogP contribution in [0.5, 0.6) is 0 Å². The number of imidazole rings is 1. The van der Waals surface area contributed by atoms with E-state index in [2.05, 4.69) is 35.5 Å². The van der Waals surface area contributed by atoms with Gasteiger partial charge in [0.25, 0.3) is 0 Å². The van der Waals surface area contributed by atoms with Crippen molar-refractivity contribution in [2.45, 2.75) is 13.0 Å². The van der Waals surface area contributed by atoms with Gasteiger partial charge in [-0.3, -0.25) is 0 Å². The lowest BCUT2D eigenvalue weighted by Crippen LogP contribution is -2.37. The summed E-state index contributed by atoms with van der Waals surface area (Å²) in [6, 6.07) is 7.70. The average Bonchev–Trinajstić information content (AvgIpc) is 3.13. The molecule has 1 aromatic carbocycles. The van der Waals surface area contributed by atoms with Gasteiger partial charge in [-0.05, 0) is 24.6 Å². The smallest absolute Gasteiger partial charge is 0.235 e. The second-order valence-corrected chi connectivity index (χ2v) is 7.29. The van der Waals surface area contributed by atoms with Crippen LogP contribution >= 0.6 is 11.6 Å². The van der Waals surface area contributed by atoms with Crippen molar-refractivity contribution in [3.8, 4) is 0 Å². The Morgan fingerprint density at radius 2 is 1.79 bits per heavy atom. The number of ether oxygens (including phenoxy) is 1. The molecular formula is C19H23ClN8O.